The first-order valence-electron chi connectivity index (χ1n) is 4.78. The first-order chi connectivity index (χ1) is 7.59. The quantitative estimate of drug-likeness (QED) is 0.809. The van der Waals surface area contributed by atoms with Crippen LogP contribution in [0.1, 0.15) is 10.5 Å². The summed E-state index contributed by atoms with van der Waals surface area (Å²) in [6, 6.07) is 9.94. The van der Waals surface area contributed by atoms with Gasteiger partial charge in [0.05, 0.1) is 0 Å². The Balaban J connectivity index is 2.49. The molecule has 0 bridgehead atoms. The number of hydrogen-bond donors (Lipinski definition) is 2. The molecule has 16 heavy (non-hydrogen) atoms. The van der Waals surface area contributed by atoms with Gasteiger partial charge in [0, 0.05) is 12.7 Å². The van der Waals surface area contributed by atoms with E-state index < -0.39 is 5.97 Å². The van der Waals surface area contributed by atoms with Crippen molar-refractivity contribution in [3.05, 3.63) is 42.1 Å². The lowest BCUT2D eigenvalue weighted by molar-refractivity contribution is 0.0687. The van der Waals surface area contributed by atoms with E-state index in [0.29, 0.717) is 0 Å². The van der Waals surface area contributed by atoms with Crippen molar-refractivity contribution in [2.75, 3.05) is 0 Å². The van der Waals surface area contributed by atoms with Crippen LogP contribution in [0.2, 0.25) is 0 Å². The largest absolute Gasteiger partial charge is 0.508 e. The van der Waals surface area contributed by atoms with Crippen LogP contribution in [0.5, 0.6) is 5.75 Å². The Labute approximate surface area is 92.4 Å². The molecule has 0 radical (unpaired) electrons. The van der Waals surface area contributed by atoms with E-state index in [0.717, 1.165) is 11.3 Å². The van der Waals surface area contributed by atoms with Gasteiger partial charge in [-0.1, -0.05) is 0 Å². The standard InChI is InChI=1S/C12H11NO3/c1-13-10(6-7-11(13)12(15)16)8-2-4-9(14)5-3-8/h2-7,14H,1H3,(H,15,16). The number of aromatic carboxylic acids is 1. The van der Waals surface area contributed by atoms with Crippen molar-refractivity contribution in [2.24, 2.45) is 7.05 Å². The van der Waals surface area contributed by atoms with Gasteiger partial charge in [0.2, 0.25) is 0 Å². The van der Waals surface area contributed by atoms with Gasteiger partial charge in [-0.2, -0.15) is 0 Å². The van der Waals surface area contributed by atoms with Crippen molar-refractivity contribution in [1.29, 1.82) is 0 Å². The molecular formula is C12H11NO3. The van der Waals surface area contributed by atoms with E-state index in [1.165, 1.54) is 0 Å². The summed E-state index contributed by atoms with van der Waals surface area (Å²) in [7, 11) is 1.70. The molecule has 82 valence electrons. The third-order valence-electron chi connectivity index (χ3n) is 2.50. The SMILES string of the molecule is Cn1c(C(=O)O)ccc1-c1ccc(O)cc1. The van der Waals surface area contributed by atoms with Gasteiger partial charge < -0.3 is 14.8 Å². The van der Waals surface area contributed by atoms with Crippen molar-refractivity contribution in [2.45, 2.75) is 0 Å². The number of hydrogen-bond acceptors (Lipinski definition) is 2. The predicted octanol–water partition coefficient (Wildman–Crippen LogP) is 2.10. The lowest BCUT2D eigenvalue weighted by Crippen LogP contribution is -2.04. The molecule has 4 nitrogen and oxygen atoms in total. The lowest BCUT2D eigenvalue weighted by Gasteiger charge is -2.05. The number of aromatic hydroxyl groups is 1. The second kappa shape index (κ2) is 3.73. The molecule has 1 aromatic carbocycles. The second-order valence-corrected chi connectivity index (χ2v) is 3.51. The molecule has 0 aliphatic carbocycles. The fraction of sp³-hybridized carbons (Fsp3) is 0.0833. The molecule has 0 aliphatic rings. The third-order valence-corrected chi connectivity index (χ3v) is 2.50. The number of phenolic OH excluding ortho intramolecular Hbond substituents is 1. The maximum absolute atomic E-state index is 10.9. The molecule has 0 saturated carbocycles. The molecule has 1 heterocycles. The molecule has 1 aromatic heterocycles. The Kier molecular flexibility index (Phi) is 2.40. The van der Waals surface area contributed by atoms with Gasteiger partial charge in [0.1, 0.15) is 11.4 Å². The highest BCUT2D eigenvalue weighted by atomic mass is 16.4. The molecule has 2 N–H and O–H groups in total. The van der Waals surface area contributed by atoms with Crippen molar-refractivity contribution < 1.29 is 15.0 Å². The molecule has 0 atom stereocenters. The lowest BCUT2D eigenvalue weighted by atomic mass is 10.1. The Morgan fingerprint density at radius 1 is 1.12 bits per heavy atom. The van der Waals surface area contributed by atoms with Crippen molar-refractivity contribution in [3.8, 4) is 17.0 Å². The number of carboxylic acid groups (broad SMARTS) is 1. The molecular weight excluding hydrogens is 206 g/mol. The summed E-state index contributed by atoms with van der Waals surface area (Å²) in [5.74, 6) is -0.760. The van der Waals surface area contributed by atoms with Crippen molar-refractivity contribution >= 4 is 5.97 Å². The van der Waals surface area contributed by atoms with Crippen LogP contribution >= 0.6 is 0 Å². The Bertz CT molecular complexity index is 526. The number of nitrogens with zero attached hydrogens (tertiary/aromatic N) is 1. The zero-order valence-corrected chi connectivity index (χ0v) is 8.71. The average molecular weight is 217 g/mol. The van der Waals surface area contributed by atoms with Crippen LogP contribution in [0.3, 0.4) is 0 Å². The third kappa shape index (κ3) is 1.65. The molecule has 4 heteroatoms. The minimum atomic E-state index is -0.951. The van der Waals surface area contributed by atoms with Gasteiger partial charge in [-0.15, -0.1) is 0 Å². The molecule has 0 unspecified atom stereocenters. The molecule has 0 fully saturated rings. The van der Waals surface area contributed by atoms with Crippen LogP contribution in [-0.4, -0.2) is 20.7 Å². The highest BCUT2D eigenvalue weighted by molar-refractivity contribution is 5.87. The predicted molar refractivity (Wildman–Crippen MR) is 59.5 cm³/mol. The summed E-state index contributed by atoms with van der Waals surface area (Å²) in [4.78, 5) is 10.9. The first-order valence-corrected chi connectivity index (χ1v) is 4.78. The highest BCUT2D eigenvalue weighted by Crippen LogP contribution is 2.23. The van der Waals surface area contributed by atoms with Crippen LogP contribution in [0.15, 0.2) is 36.4 Å². The fourth-order valence-electron chi connectivity index (χ4n) is 1.65. The zero-order chi connectivity index (χ0) is 11.7. The van der Waals surface area contributed by atoms with Crippen molar-refractivity contribution in [1.82, 2.24) is 4.57 Å². The molecule has 0 spiro atoms. The maximum Gasteiger partial charge on any atom is 0.352 e. The van der Waals surface area contributed by atoms with Crippen LogP contribution in [0, 0.1) is 0 Å². The van der Waals surface area contributed by atoms with Gasteiger partial charge in [-0.3, -0.25) is 0 Å². The van der Waals surface area contributed by atoms with Crippen LogP contribution in [0.4, 0.5) is 0 Å². The summed E-state index contributed by atoms with van der Waals surface area (Å²) in [6.07, 6.45) is 0. The minimum absolute atomic E-state index is 0.191. The van der Waals surface area contributed by atoms with Gasteiger partial charge in [0.25, 0.3) is 0 Å². The topological polar surface area (TPSA) is 62.5 Å². The zero-order valence-electron chi connectivity index (χ0n) is 8.71. The number of phenols is 1. The fourth-order valence-corrected chi connectivity index (χ4v) is 1.65. The number of rotatable bonds is 2. The van der Waals surface area contributed by atoms with Gasteiger partial charge in [-0.25, -0.2) is 4.79 Å². The Morgan fingerprint density at radius 2 is 1.75 bits per heavy atom. The summed E-state index contributed by atoms with van der Waals surface area (Å²) in [6.45, 7) is 0. The number of carboxylic acids is 1. The summed E-state index contributed by atoms with van der Waals surface area (Å²) in [5, 5.41) is 18.1. The molecule has 0 amide bonds. The maximum atomic E-state index is 10.9. The van der Waals surface area contributed by atoms with E-state index in [1.54, 1.807) is 48.0 Å². The van der Waals surface area contributed by atoms with Gasteiger partial charge >= 0.3 is 5.97 Å². The van der Waals surface area contributed by atoms with E-state index in [1.807, 2.05) is 0 Å². The second-order valence-electron chi connectivity index (χ2n) is 3.51. The van der Waals surface area contributed by atoms with E-state index in [9.17, 15) is 4.79 Å². The summed E-state index contributed by atoms with van der Waals surface area (Å²) in [5.41, 5.74) is 1.91. The average Bonchev–Trinajstić information content (AvgIpc) is 2.61. The minimum Gasteiger partial charge on any atom is -0.508 e. The van der Waals surface area contributed by atoms with E-state index in [-0.39, 0.29) is 11.4 Å². The number of benzene rings is 1. The monoisotopic (exact) mass is 217 g/mol. The number of carbonyl (C=O) groups is 1. The summed E-state index contributed by atoms with van der Waals surface area (Å²) < 4.78 is 1.61. The van der Waals surface area contributed by atoms with Crippen LogP contribution in [-0.2, 0) is 7.05 Å². The van der Waals surface area contributed by atoms with Crippen LogP contribution in [0.25, 0.3) is 11.3 Å². The highest BCUT2D eigenvalue weighted by Gasteiger charge is 2.11. The summed E-state index contributed by atoms with van der Waals surface area (Å²) >= 11 is 0. The van der Waals surface area contributed by atoms with Gasteiger partial charge in [-0.05, 0) is 42.0 Å². The van der Waals surface area contributed by atoms with Crippen LogP contribution < -0.4 is 0 Å². The molecule has 2 aromatic rings. The van der Waals surface area contributed by atoms with Gasteiger partial charge in [0.15, 0.2) is 0 Å². The number of aromatic nitrogens is 1. The Morgan fingerprint density at radius 3 is 2.25 bits per heavy atom. The molecule has 0 saturated heterocycles. The van der Waals surface area contributed by atoms with E-state index >= 15 is 0 Å². The first kappa shape index (κ1) is 10.3. The van der Waals surface area contributed by atoms with E-state index in [2.05, 4.69) is 0 Å². The van der Waals surface area contributed by atoms with Crippen molar-refractivity contribution in [3.63, 3.8) is 0 Å². The normalized spacial score (nSPS) is 10.3. The smallest absolute Gasteiger partial charge is 0.352 e. The molecule has 0 aliphatic heterocycles. The molecule has 2 rings (SSSR count). The van der Waals surface area contributed by atoms with E-state index in [4.69, 9.17) is 10.2 Å². The Hall–Kier alpha value is -2.23.